The predicted molar refractivity (Wildman–Crippen MR) is 114 cm³/mol. The molecular formula is C21H30N3O4S+. The summed E-state index contributed by atoms with van der Waals surface area (Å²) in [5.74, 6) is 0.608. The van der Waals surface area contributed by atoms with Gasteiger partial charge in [0.15, 0.2) is 6.04 Å². The highest BCUT2D eigenvalue weighted by Gasteiger charge is 2.24. The second kappa shape index (κ2) is 9.39. The van der Waals surface area contributed by atoms with Crippen molar-refractivity contribution < 1.29 is 22.8 Å². The highest BCUT2D eigenvalue weighted by Crippen LogP contribution is 2.22. The van der Waals surface area contributed by atoms with E-state index in [0.717, 1.165) is 26.1 Å². The van der Waals surface area contributed by atoms with E-state index >= 15 is 0 Å². The zero-order valence-corrected chi connectivity index (χ0v) is 18.6. The third kappa shape index (κ3) is 5.35. The smallest absolute Gasteiger partial charge is 0.282 e. The highest BCUT2D eigenvalue weighted by molar-refractivity contribution is 7.89. The van der Waals surface area contributed by atoms with Crippen LogP contribution in [0.1, 0.15) is 18.1 Å². The fourth-order valence-corrected chi connectivity index (χ4v) is 3.80. The summed E-state index contributed by atoms with van der Waals surface area (Å²) in [7, 11) is 2.95. The molecule has 0 spiro atoms. The largest absolute Gasteiger partial charge is 0.496 e. The number of hydrogen-bond acceptors (Lipinski definition) is 4. The van der Waals surface area contributed by atoms with Crippen molar-refractivity contribution in [3.05, 3.63) is 53.6 Å². The Labute approximate surface area is 173 Å². The van der Waals surface area contributed by atoms with Crippen LogP contribution in [-0.4, -0.2) is 52.9 Å². The quantitative estimate of drug-likeness (QED) is 0.675. The molecule has 2 aromatic rings. The molecule has 8 heteroatoms. The van der Waals surface area contributed by atoms with E-state index < -0.39 is 10.0 Å². The van der Waals surface area contributed by atoms with E-state index in [0.29, 0.717) is 12.2 Å². The van der Waals surface area contributed by atoms with Gasteiger partial charge in [0.25, 0.3) is 5.91 Å². The first-order valence-electron chi connectivity index (χ1n) is 9.36. The number of quaternary nitrogens is 1. The molecular weight excluding hydrogens is 390 g/mol. The highest BCUT2D eigenvalue weighted by atomic mass is 32.2. The molecule has 0 radical (unpaired) electrons. The first-order chi connectivity index (χ1) is 13.6. The molecule has 29 heavy (non-hydrogen) atoms. The van der Waals surface area contributed by atoms with E-state index in [1.807, 2.05) is 45.2 Å². The number of sulfonamides is 1. The lowest BCUT2D eigenvalue weighted by molar-refractivity contribution is -0.907. The van der Waals surface area contributed by atoms with Crippen molar-refractivity contribution in [1.29, 1.82) is 0 Å². The Balaban J connectivity index is 2.17. The van der Waals surface area contributed by atoms with Crippen molar-refractivity contribution in [2.75, 3.05) is 33.6 Å². The first kappa shape index (κ1) is 22.9. The minimum absolute atomic E-state index is 0.144. The average Bonchev–Trinajstić information content (AvgIpc) is 2.69. The summed E-state index contributed by atoms with van der Waals surface area (Å²) in [6.45, 7) is 4.29. The van der Waals surface area contributed by atoms with Crippen molar-refractivity contribution in [2.45, 2.75) is 31.3 Å². The minimum Gasteiger partial charge on any atom is -0.496 e. The van der Waals surface area contributed by atoms with Gasteiger partial charge in [0.1, 0.15) is 12.3 Å². The molecule has 0 aliphatic rings. The van der Waals surface area contributed by atoms with E-state index in [2.05, 4.69) is 5.32 Å². The fourth-order valence-electron chi connectivity index (χ4n) is 2.87. The summed E-state index contributed by atoms with van der Waals surface area (Å²) in [5.41, 5.74) is 2.31. The van der Waals surface area contributed by atoms with Gasteiger partial charge in [-0.15, -0.1) is 0 Å². The summed E-state index contributed by atoms with van der Waals surface area (Å²) >= 11 is 0. The maximum atomic E-state index is 12.8. The molecule has 0 fully saturated rings. The molecule has 0 aromatic heterocycles. The van der Waals surface area contributed by atoms with Gasteiger partial charge < -0.3 is 15.0 Å². The van der Waals surface area contributed by atoms with E-state index in [1.54, 1.807) is 19.2 Å². The summed E-state index contributed by atoms with van der Waals surface area (Å²) in [4.78, 5) is 14.0. The molecule has 0 saturated heterocycles. The molecule has 0 heterocycles. The molecule has 0 aliphatic heterocycles. The van der Waals surface area contributed by atoms with Crippen LogP contribution < -0.4 is 15.0 Å². The third-order valence-corrected chi connectivity index (χ3v) is 6.85. The standard InChI is InChI=1S/C21H29N3O4S/c1-15-11-12-18(29(26,27)23(3)4)13-19(15)22-21(25)16(2)24(5)14-17-9-7-8-10-20(17)28-6/h7-13,16H,14H2,1-6H3,(H,22,25)/p+1/t16-/m1/s1. The van der Waals surface area contributed by atoms with Gasteiger partial charge in [-0.05, 0) is 43.7 Å². The number of nitrogens with one attached hydrogen (secondary N) is 2. The lowest BCUT2D eigenvalue weighted by Crippen LogP contribution is -3.12. The molecule has 2 aromatic carbocycles. The van der Waals surface area contributed by atoms with Crippen LogP contribution >= 0.6 is 0 Å². The summed E-state index contributed by atoms with van der Waals surface area (Å²) in [6.07, 6.45) is 0. The Morgan fingerprint density at radius 2 is 1.86 bits per heavy atom. The number of nitrogens with zero attached hydrogens (tertiary/aromatic N) is 1. The van der Waals surface area contributed by atoms with Gasteiger partial charge in [-0.1, -0.05) is 18.2 Å². The Morgan fingerprint density at radius 1 is 1.21 bits per heavy atom. The number of hydrogen-bond donors (Lipinski definition) is 2. The SMILES string of the molecule is COc1ccccc1C[NH+](C)[C@H](C)C(=O)Nc1cc(S(=O)(=O)N(C)C)ccc1C. The molecule has 2 rings (SSSR count). The van der Waals surface area contributed by atoms with Crippen LogP contribution in [0.2, 0.25) is 0 Å². The van der Waals surface area contributed by atoms with Gasteiger partial charge in [-0.3, -0.25) is 4.79 Å². The van der Waals surface area contributed by atoms with E-state index in [4.69, 9.17) is 4.74 Å². The number of amides is 1. The van der Waals surface area contributed by atoms with Crippen LogP contribution in [0.15, 0.2) is 47.4 Å². The van der Waals surface area contributed by atoms with Gasteiger partial charge in [0, 0.05) is 25.3 Å². The Hall–Kier alpha value is -2.42. The molecule has 1 amide bonds. The Bertz CT molecular complexity index is 974. The van der Waals surface area contributed by atoms with Gasteiger partial charge in [0.05, 0.1) is 19.1 Å². The molecule has 158 valence electrons. The maximum Gasteiger partial charge on any atom is 0.282 e. The van der Waals surface area contributed by atoms with Crippen molar-refractivity contribution in [1.82, 2.24) is 4.31 Å². The van der Waals surface area contributed by atoms with Crippen molar-refractivity contribution >= 4 is 21.6 Å². The number of rotatable bonds is 8. The first-order valence-corrected chi connectivity index (χ1v) is 10.8. The number of aryl methyl sites for hydroxylation is 1. The van der Waals surface area contributed by atoms with Crippen molar-refractivity contribution in [2.24, 2.45) is 0 Å². The average molecular weight is 421 g/mol. The van der Waals surface area contributed by atoms with Gasteiger partial charge >= 0.3 is 0 Å². The lowest BCUT2D eigenvalue weighted by atomic mass is 10.1. The topological polar surface area (TPSA) is 80.1 Å². The maximum absolute atomic E-state index is 12.8. The van der Waals surface area contributed by atoms with E-state index in [1.165, 1.54) is 20.2 Å². The molecule has 7 nitrogen and oxygen atoms in total. The molecule has 0 bridgehead atoms. The second-order valence-electron chi connectivity index (χ2n) is 7.31. The van der Waals surface area contributed by atoms with E-state index in [9.17, 15) is 13.2 Å². The number of benzene rings is 2. The van der Waals surface area contributed by atoms with Gasteiger partial charge in [-0.2, -0.15) is 0 Å². The predicted octanol–water partition coefficient (Wildman–Crippen LogP) is 1.30. The third-order valence-electron chi connectivity index (χ3n) is 5.04. The van der Waals surface area contributed by atoms with Crippen LogP contribution in [0, 0.1) is 6.92 Å². The number of likely N-dealkylation sites (N-methyl/N-ethyl adjacent to an activating group) is 1. The Morgan fingerprint density at radius 3 is 2.48 bits per heavy atom. The fraction of sp³-hybridized carbons (Fsp3) is 0.381. The van der Waals surface area contributed by atoms with Crippen LogP contribution in [0.3, 0.4) is 0 Å². The van der Waals surface area contributed by atoms with Crippen LogP contribution in [0.5, 0.6) is 5.75 Å². The minimum atomic E-state index is -3.57. The molecule has 2 atom stereocenters. The van der Waals surface area contributed by atoms with Crippen molar-refractivity contribution in [3.63, 3.8) is 0 Å². The van der Waals surface area contributed by atoms with Crippen molar-refractivity contribution in [3.8, 4) is 5.75 Å². The molecule has 0 aliphatic carbocycles. The summed E-state index contributed by atoms with van der Waals surface area (Å²) < 4.78 is 31.3. The molecule has 2 N–H and O–H groups in total. The number of methoxy groups -OCH3 is 1. The summed E-state index contributed by atoms with van der Waals surface area (Å²) in [5, 5.41) is 2.88. The van der Waals surface area contributed by atoms with Crippen LogP contribution in [-0.2, 0) is 21.4 Å². The Kier molecular flexibility index (Phi) is 7.40. The number of carbonyl (C=O) groups is 1. The number of anilines is 1. The normalized spacial score (nSPS) is 13.8. The lowest BCUT2D eigenvalue weighted by Gasteiger charge is -2.22. The zero-order valence-electron chi connectivity index (χ0n) is 17.8. The number of carbonyl (C=O) groups excluding carboxylic acids is 1. The summed E-state index contributed by atoms with van der Waals surface area (Å²) in [6, 6.07) is 12.1. The molecule has 1 unspecified atom stereocenters. The van der Waals surface area contributed by atoms with Gasteiger partial charge in [-0.25, -0.2) is 12.7 Å². The van der Waals surface area contributed by atoms with Crippen LogP contribution in [0.25, 0.3) is 0 Å². The monoisotopic (exact) mass is 420 g/mol. The van der Waals surface area contributed by atoms with Crippen LogP contribution in [0.4, 0.5) is 5.69 Å². The second-order valence-corrected chi connectivity index (χ2v) is 9.46. The van der Waals surface area contributed by atoms with E-state index in [-0.39, 0.29) is 16.8 Å². The zero-order chi connectivity index (χ0) is 21.8. The number of ether oxygens (including phenoxy) is 1. The number of para-hydroxylation sites is 1. The van der Waals surface area contributed by atoms with Gasteiger partial charge in [0.2, 0.25) is 10.0 Å². The molecule has 0 saturated carbocycles.